The van der Waals surface area contributed by atoms with E-state index in [1.54, 1.807) is 117 Å². The molecular weight excluding hydrogens is 1780 g/mol. The molecule has 8 amide bonds. The summed E-state index contributed by atoms with van der Waals surface area (Å²) >= 11 is 4.64. The number of thioether (sulfide) groups is 3. The van der Waals surface area contributed by atoms with Crippen LogP contribution in [0.3, 0.4) is 0 Å². The monoisotopic (exact) mass is 1890 g/mol. The smallest absolute Gasteiger partial charge is 0.347 e. The summed E-state index contributed by atoms with van der Waals surface area (Å²) in [6.45, 7) is 33.1. The molecule has 0 spiro atoms. The van der Waals surface area contributed by atoms with Gasteiger partial charge in [0.15, 0.2) is 6.10 Å². The molecule has 6 aromatic carbocycles. The van der Waals surface area contributed by atoms with Crippen molar-refractivity contribution in [3.8, 4) is 17.2 Å². The molecule has 6 aromatic rings. The molecule has 9 atom stereocenters. The number of nitrogens with zero attached hydrogens (tertiary/aromatic N) is 2. The Kier molecular flexibility index (Phi) is 46.4. The number of esters is 4. The molecule has 690 valence electrons. The maximum absolute atomic E-state index is 14.2. The molecule has 10 N–H and O–H groups in total. The van der Waals surface area contributed by atoms with Gasteiger partial charge in [0.05, 0.1) is 29.9 Å². The fraction of sp³-hybridized carbons (Fsp3) is 0.389. The highest BCUT2D eigenvalue weighted by molar-refractivity contribution is 8.26. The number of aliphatic carboxylic acids is 1. The topological polar surface area (TPSA) is 427 Å². The zero-order chi connectivity index (χ0) is 93.2. The second kappa shape index (κ2) is 53.3. The zero-order valence-corrected chi connectivity index (χ0v) is 77.7. The van der Waals surface area contributed by atoms with Gasteiger partial charge in [0.25, 0.3) is 29.5 Å². The van der Waals surface area contributed by atoms with Crippen molar-refractivity contribution in [3.05, 3.63) is 234 Å². The number of halogens is 3. The number of carboxylic acids is 1. The Hall–Kier alpha value is -10.6. The van der Waals surface area contributed by atoms with Crippen molar-refractivity contribution in [2.24, 2.45) is 0 Å². The maximum atomic E-state index is 14.2. The SMILES string of the molecule is C.C=CCNC(=O)C1N(C(=O)[C@@H](O)[C@H](Cc2ccccc2)NC(=O)c2cccc(O)c2C)CSC1(C)C.C=CCNC(=O)C1N(C(=O)[C@@H](OC(C)=O)[C@H](Cc2ccccc2)NC(=O)c2cccc(OC(C)=O)c2C)CSC1(C)C.C=CCNC(=O)C1NCSC1(C)C.CC(=O)Oc1cccc(C(=O)N[C@@H](Cc2ccccc2)[C@H](OC(C)=O)C(=O)O)c1C.Cl.O=S(Cl)Cl. The molecule has 9 rings (SSSR count). The van der Waals surface area contributed by atoms with E-state index in [9.17, 15) is 77.6 Å². The van der Waals surface area contributed by atoms with Crippen molar-refractivity contribution in [2.75, 3.05) is 37.3 Å². The summed E-state index contributed by atoms with van der Waals surface area (Å²) in [4.78, 5) is 166. The van der Waals surface area contributed by atoms with Crippen LogP contribution in [0.2, 0.25) is 0 Å². The molecule has 3 heterocycles. The average Bonchev–Trinajstić information content (AvgIpc) is 1.64. The fourth-order valence-electron chi connectivity index (χ4n) is 13.3. The number of aromatic hydroxyl groups is 1. The minimum atomic E-state index is -1.67. The molecule has 0 aromatic heterocycles. The molecule has 3 saturated heterocycles. The van der Waals surface area contributed by atoms with Gasteiger partial charge in [-0.05, 0) is 135 Å². The van der Waals surface area contributed by atoms with Crippen molar-refractivity contribution >= 4 is 155 Å². The third-order valence-electron chi connectivity index (χ3n) is 19.5. The van der Waals surface area contributed by atoms with Crippen molar-refractivity contribution in [2.45, 2.75) is 186 Å². The molecule has 0 saturated carbocycles. The number of carbonyl (C=O) groups is 13. The van der Waals surface area contributed by atoms with E-state index in [1.807, 2.05) is 94.4 Å². The number of rotatable bonds is 31. The fourth-order valence-corrected chi connectivity index (χ4v) is 16.6. The van der Waals surface area contributed by atoms with Crippen LogP contribution in [0.5, 0.6) is 17.2 Å². The van der Waals surface area contributed by atoms with Gasteiger partial charge in [-0.1, -0.05) is 135 Å². The number of nitrogens with one attached hydrogen (secondary N) is 7. The third kappa shape index (κ3) is 34.2. The summed E-state index contributed by atoms with van der Waals surface area (Å²) in [6, 6.07) is 36.5. The summed E-state index contributed by atoms with van der Waals surface area (Å²) < 4.78 is 28.8. The van der Waals surface area contributed by atoms with E-state index in [0.717, 1.165) is 29.5 Å². The van der Waals surface area contributed by atoms with Crippen LogP contribution in [0.15, 0.2) is 184 Å². The Balaban J connectivity index is 0.000000449. The number of ether oxygens (including phenoxy) is 4. The van der Waals surface area contributed by atoms with E-state index in [1.165, 1.54) is 66.2 Å². The van der Waals surface area contributed by atoms with Gasteiger partial charge < -0.3 is 76.0 Å². The Morgan fingerprint density at radius 2 is 0.835 bits per heavy atom. The molecule has 127 heavy (non-hydrogen) atoms. The third-order valence-corrected chi connectivity index (χ3v) is 23.5. The normalized spacial score (nSPS) is 16.6. The minimum Gasteiger partial charge on any atom is -0.508 e. The Morgan fingerprint density at radius 3 is 1.19 bits per heavy atom. The van der Waals surface area contributed by atoms with Crippen molar-refractivity contribution < 1.29 is 101 Å². The molecule has 3 fully saturated rings. The number of benzene rings is 6. The lowest BCUT2D eigenvalue weighted by molar-refractivity contribution is -0.164. The van der Waals surface area contributed by atoms with Crippen LogP contribution in [0.4, 0.5) is 0 Å². The second-order valence-corrected chi connectivity index (χ2v) is 37.5. The molecule has 3 unspecified atom stereocenters. The number of carboxylic acid groups (broad SMARTS) is 1. The number of hydrogen-bond acceptors (Lipinski definition) is 24. The number of phenols is 1. The summed E-state index contributed by atoms with van der Waals surface area (Å²) in [6.07, 6.45) is 0.637. The van der Waals surface area contributed by atoms with Gasteiger partial charge in [-0.25, -0.2) is 9.00 Å². The predicted molar refractivity (Wildman–Crippen MR) is 498 cm³/mol. The van der Waals surface area contributed by atoms with E-state index in [4.69, 9.17) is 23.2 Å². The lowest BCUT2D eigenvalue weighted by atomic mass is 9.96. The van der Waals surface area contributed by atoms with Crippen molar-refractivity contribution in [1.82, 2.24) is 47.0 Å². The van der Waals surface area contributed by atoms with Gasteiger partial charge in [0.2, 0.25) is 39.2 Å². The molecule has 0 aliphatic carbocycles. The molecule has 3 aliphatic heterocycles. The van der Waals surface area contributed by atoms with Gasteiger partial charge >= 0.3 is 29.8 Å². The van der Waals surface area contributed by atoms with Gasteiger partial charge in [0.1, 0.15) is 35.4 Å². The van der Waals surface area contributed by atoms with Crippen LogP contribution in [0.1, 0.15) is 141 Å². The Morgan fingerprint density at radius 1 is 0.496 bits per heavy atom. The van der Waals surface area contributed by atoms with Gasteiger partial charge in [-0.15, -0.1) is 67.4 Å². The van der Waals surface area contributed by atoms with E-state index in [0.29, 0.717) is 23.2 Å². The Bertz CT molecular complexity index is 4840. The highest BCUT2D eigenvalue weighted by atomic mass is 36.0. The van der Waals surface area contributed by atoms with Crippen LogP contribution in [-0.4, -0.2) is 213 Å². The maximum Gasteiger partial charge on any atom is 0.347 e. The van der Waals surface area contributed by atoms with Crippen LogP contribution in [-0.2, 0) is 85.9 Å². The molecular formula is C90H114Cl3N9O21S4. The molecule has 30 nitrogen and oxygen atoms in total. The van der Waals surface area contributed by atoms with E-state index >= 15 is 0 Å². The second-order valence-electron chi connectivity index (χ2n) is 30.1. The Labute approximate surface area is 771 Å². The first-order valence-corrected chi connectivity index (χ1v) is 45.0. The molecule has 0 bridgehead atoms. The van der Waals surface area contributed by atoms with E-state index in [2.05, 4.69) is 92.2 Å². The molecule has 3 aliphatic rings. The number of carbonyl (C=O) groups excluding carboxylic acids is 12. The summed E-state index contributed by atoms with van der Waals surface area (Å²) in [5.74, 6) is -5.76. The standard InChI is InChI=1S/C31H37N3O7S.C27H33N3O5S.C22H23NO7.C9H16N2OS.CH4.Cl2OS.ClH/c1-7-16-32-29(38)27-31(5,6)42-18-34(27)30(39)26(41-21(4)36)24(17-22-12-9-8-10-13-22)33-28(37)23-14-11-15-25(19(23)2)40-20(3)35;1-5-14-28-25(34)23-27(3,4)36-16-30(23)26(35)22(32)20(15-18-10-7-6-8-11-18)29-24(33)19-12-9-13-21(31)17(19)2;1-13-17(10-7-11-19(13)29-14(2)24)21(26)23-18(12-16-8-5-4-6-9-16)20(22(27)28)30-15(3)25;1-4-5-10-8(12)7-9(2,3)13-6-11-7;;1-4(2)3;/h7-15,24,26-27H,1,16-18H2,2-6H3,(H,32,38)(H,33,37);5-13,20,22-23,31-32H,1,14-16H2,2-4H3,(H,28,34)(H,29,33);4-11,18,20H,12H2,1-3H3,(H,23,26)(H,27,28);4,7,11H,1,5-6H2,2-3H3,(H,10,12);1H4;;1H/t24-,26-,27?;20-,22-,23?;18-,20-;;;;/m000..../s1. The first kappa shape index (κ1) is 111. The van der Waals surface area contributed by atoms with Gasteiger partial charge in [-0.2, -0.15) is 0 Å². The van der Waals surface area contributed by atoms with Crippen LogP contribution < -0.4 is 46.7 Å². The number of aliphatic hydroxyl groups excluding tert-OH is 1. The van der Waals surface area contributed by atoms with E-state index < -0.39 is 127 Å². The highest BCUT2D eigenvalue weighted by Crippen LogP contribution is 2.42. The number of aliphatic hydroxyl groups is 1. The number of amides is 8. The van der Waals surface area contributed by atoms with Crippen molar-refractivity contribution in [3.63, 3.8) is 0 Å². The van der Waals surface area contributed by atoms with Crippen LogP contribution in [0, 0.1) is 20.8 Å². The molecule has 37 heteroatoms. The first-order valence-electron chi connectivity index (χ1n) is 39.2. The minimum absolute atomic E-state index is 0. The average molecular weight is 1890 g/mol. The lowest BCUT2D eigenvalue weighted by Gasteiger charge is -2.34. The lowest BCUT2D eigenvalue weighted by Crippen LogP contribution is -2.59. The quantitative estimate of drug-likeness (QED) is 0.00836. The summed E-state index contributed by atoms with van der Waals surface area (Å²) in [5.41, 5.74) is 4.27. The number of hydrogen-bond donors (Lipinski definition) is 10. The largest absolute Gasteiger partial charge is 0.508 e. The van der Waals surface area contributed by atoms with Crippen LogP contribution in [0.25, 0.3) is 0 Å². The zero-order valence-electron chi connectivity index (χ0n) is 72.2. The van der Waals surface area contributed by atoms with E-state index in [-0.39, 0.29) is 126 Å². The predicted octanol–water partition coefficient (Wildman–Crippen LogP) is 10.7. The summed E-state index contributed by atoms with van der Waals surface area (Å²) in [7, 11) is 7.36. The highest BCUT2D eigenvalue weighted by Gasteiger charge is 2.52. The van der Waals surface area contributed by atoms with Crippen LogP contribution >= 0.6 is 69.1 Å². The molecule has 0 radical (unpaired) electrons. The number of phenolic OH excluding ortho intramolecular Hbond substituents is 1. The van der Waals surface area contributed by atoms with Gasteiger partial charge in [-0.3, -0.25) is 62.9 Å². The van der Waals surface area contributed by atoms with Crippen molar-refractivity contribution in [1.29, 1.82) is 0 Å². The summed E-state index contributed by atoms with van der Waals surface area (Å²) in [5, 5.41) is 50.6. The van der Waals surface area contributed by atoms with Gasteiger partial charge in [0, 0.05) is 122 Å². The first-order chi connectivity index (χ1) is 58.9.